The van der Waals surface area contributed by atoms with E-state index in [2.05, 4.69) is 24.1 Å². The average molecular weight is 358 g/mol. The maximum Gasteiger partial charge on any atom is 0.138 e. The molecule has 146 valence electrons. The molecule has 0 aliphatic carbocycles. The molecule has 0 fully saturated rings. The van der Waals surface area contributed by atoms with Crippen molar-refractivity contribution in [3.8, 4) is 0 Å². The van der Waals surface area contributed by atoms with E-state index in [0.29, 0.717) is 18.6 Å². The maximum absolute atomic E-state index is 11.9. The third kappa shape index (κ3) is 13.8. The van der Waals surface area contributed by atoms with E-state index in [9.17, 15) is 4.79 Å². The standard InChI is InChI=1S/C24H39NO/c1-2-3-4-5-6-7-8-9-10-11-12-13-14-15-16-20-24(26)22-23-19-17-18-21-25-23/h9-10,17-19,21H,2-8,11-16,20,22H2,1H3. The van der Waals surface area contributed by atoms with Crippen LogP contribution in [0, 0.1) is 0 Å². The summed E-state index contributed by atoms with van der Waals surface area (Å²) in [5, 5.41) is 0. The fourth-order valence-electron chi connectivity index (χ4n) is 3.19. The van der Waals surface area contributed by atoms with E-state index in [1.807, 2.05) is 18.2 Å². The molecule has 1 rings (SSSR count). The van der Waals surface area contributed by atoms with Crippen LogP contribution in [-0.2, 0) is 11.2 Å². The molecule has 0 aliphatic rings. The number of rotatable bonds is 17. The lowest BCUT2D eigenvalue weighted by Crippen LogP contribution is -2.03. The first-order valence-electron chi connectivity index (χ1n) is 10.9. The van der Waals surface area contributed by atoms with Crippen LogP contribution in [0.3, 0.4) is 0 Å². The minimum atomic E-state index is 0.321. The molecule has 2 heteroatoms. The topological polar surface area (TPSA) is 30.0 Å². The molecule has 0 aliphatic heterocycles. The molecule has 0 amide bonds. The minimum absolute atomic E-state index is 0.321. The second kappa shape index (κ2) is 17.0. The summed E-state index contributed by atoms with van der Waals surface area (Å²) in [5.41, 5.74) is 0.894. The van der Waals surface area contributed by atoms with Crippen LogP contribution in [0.2, 0.25) is 0 Å². The summed E-state index contributed by atoms with van der Waals surface area (Å²) in [6, 6.07) is 5.76. The molecule has 0 spiro atoms. The van der Waals surface area contributed by atoms with Crippen LogP contribution < -0.4 is 0 Å². The number of carbonyl (C=O) groups is 1. The maximum atomic E-state index is 11.9. The summed E-state index contributed by atoms with van der Waals surface area (Å²) in [6.07, 6.45) is 24.5. The molecule has 0 saturated carbocycles. The number of ketones is 1. The number of aromatic nitrogens is 1. The molecule has 2 nitrogen and oxygen atoms in total. The summed E-state index contributed by atoms with van der Waals surface area (Å²) >= 11 is 0. The van der Waals surface area contributed by atoms with Crippen molar-refractivity contribution in [3.05, 3.63) is 42.2 Å². The summed E-state index contributed by atoms with van der Waals surface area (Å²) < 4.78 is 0. The van der Waals surface area contributed by atoms with Gasteiger partial charge >= 0.3 is 0 Å². The highest BCUT2D eigenvalue weighted by molar-refractivity contribution is 5.80. The van der Waals surface area contributed by atoms with Gasteiger partial charge in [-0.25, -0.2) is 0 Å². The monoisotopic (exact) mass is 357 g/mol. The van der Waals surface area contributed by atoms with Gasteiger partial charge in [-0.15, -0.1) is 0 Å². The average Bonchev–Trinajstić information content (AvgIpc) is 2.65. The van der Waals surface area contributed by atoms with E-state index in [0.717, 1.165) is 12.1 Å². The second-order valence-electron chi connectivity index (χ2n) is 7.37. The fourth-order valence-corrected chi connectivity index (χ4v) is 3.19. The zero-order chi connectivity index (χ0) is 18.7. The summed E-state index contributed by atoms with van der Waals surface area (Å²) in [6.45, 7) is 2.27. The predicted molar refractivity (Wildman–Crippen MR) is 112 cm³/mol. The first-order valence-corrected chi connectivity index (χ1v) is 10.9. The first-order chi connectivity index (χ1) is 12.8. The Morgan fingerprint density at radius 2 is 1.46 bits per heavy atom. The van der Waals surface area contributed by atoms with E-state index in [1.165, 1.54) is 77.0 Å². The molecule has 1 heterocycles. The number of hydrogen-bond donors (Lipinski definition) is 0. The smallest absolute Gasteiger partial charge is 0.138 e. The highest BCUT2D eigenvalue weighted by atomic mass is 16.1. The van der Waals surface area contributed by atoms with Gasteiger partial charge in [0.25, 0.3) is 0 Å². The second-order valence-corrected chi connectivity index (χ2v) is 7.37. The van der Waals surface area contributed by atoms with Crippen molar-refractivity contribution in [2.45, 2.75) is 103 Å². The van der Waals surface area contributed by atoms with Crippen LogP contribution >= 0.6 is 0 Å². The number of hydrogen-bond acceptors (Lipinski definition) is 2. The number of unbranched alkanes of at least 4 members (excludes halogenated alkanes) is 11. The number of carbonyl (C=O) groups excluding carboxylic acids is 1. The Hall–Kier alpha value is -1.44. The number of nitrogens with zero attached hydrogens (tertiary/aromatic N) is 1. The zero-order valence-corrected chi connectivity index (χ0v) is 16.9. The van der Waals surface area contributed by atoms with Gasteiger partial charge in [-0.3, -0.25) is 9.78 Å². The lowest BCUT2D eigenvalue weighted by atomic mass is 10.0. The molecule has 0 aromatic carbocycles. The van der Waals surface area contributed by atoms with E-state index in [-0.39, 0.29) is 0 Å². The zero-order valence-electron chi connectivity index (χ0n) is 16.9. The van der Waals surface area contributed by atoms with Crippen molar-refractivity contribution in [2.75, 3.05) is 0 Å². The van der Waals surface area contributed by atoms with Crippen molar-refractivity contribution < 1.29 is 4.79 Å². The summed E-state index contributed by atoms with van der Waals surface area (Å²) in [4.78, 5) is 16.1. The number of Topliss-reactive ketones (excluding diaryl/α,β-unsaturated/α-hetero) is 1. The fraction of sp³-hybridized carbons (Fsp3) is 0.667. The molecular formula is C24H39NO. The van der Waals surface area contributed by atoms with Crippen molar-refractivity contribution >= 4 is 5.78 Å². The molecule has 0 atom stereocenters. The lowest BCUT2D eigenvalue weighted by molar-refractivity contribution is -0.118. The summed E-state index contributed by atoms with van der Waals surface area (Å²) in [7, 11) is 0. The molecule has 0 bridgehead atoms. The van der Waals surface area contributed by atoms with E-state index >= 15 is 0 Å². The lowest BCUT2D eigenvalue weighted by Gasteiger charge is -2.02. The van der Waals surface area contributed by atoms with Gasteiger partial charge in [0.05, 0.1) is 0 Å². The van der Waals surface area contributed by atoms with Gasteiger partial charge in [-0.05, 0) is 44.2 Å². The molecule has 0 radical (unpaired) electrons. The van der Waals surface area contributed by atoms with Crippen molar-refractivity contribution in [3.63, 3.8) is 0 Å². The number of pyridine rings is 1. The van der Waals surface area contributed by atoms with Gasteiger partial charge in [-0.1, -0.05) is 76.5 Å². The Morgan fingerprint density at radius 1 is 0.846 bits per heavy atom. The molecule has 26 heavy (non-hydrogen) atoms. The van der Waals surface area contributed by atoms with Crippen LogP contribution in [0.15, 0.2) is 36.5 Å². The summed E-state index contributed by atoms with van der Waals surface area (Å²) in [5.74, 6) is 0.321. The van der Waals surface area contributed by atoms with Crippen LogP contribution in [0.4, 0.5) is 0 Å². The van der Waals surface area contributed by atoms with Gasteiger partial charge < -0.3 is 0 Å². The van der Waals surface area contributed by atoms with E-state index in [1.54, 1.807) is 6.20 Å². The van der Waals surface area contributed by atoms with Gasteiger partial charge in [0.1, 0.15) is 5.78 Å². The first kappa shape index (κ1) is 22.6. The Bertz CT molecular complexity index is 466. The molecular weight excluding hydrogens is 318 g/mol. The van der Waals surface area contributed by atoms with E-state index in [4.69, 9.17) is 0 Å². The van der Waals surface area contributed by atoms with E-state index < -0.39 is 0 Å². The molecule has 0 saturated heterocycles. The predicted octanol–water partition coefficient (Wildman–Crippen LogP) is 7.23. The van der Waals surface area contributed by atoms with Crippen molar-refractivity contribution in [2.24, 2.45) is 0 Å². The van der Waals surface area contributed by atoms with Gasteiger partial charge in [0.2, 0.25) is 0 Å². The molecule has 0 unspecified atom stereocenters. The SMILES string of the molecule is CCCCCCCCC=CCCCCCCCC(=O)Cc1ccccn1. The van der Waals surface area contributed by atoms with Gasteiger partial charge in [0, 0.05) is 24.7 Å². The minimum Gasteiger partial charge on any atom is -0.299 e. The van der Waals surface area contributed by atoms with Gasteiger partial charge in [0.15, 0.2) is 0 Å². The Kier molecular flexibility index (Phi) is 14.8. The van der Waals surface area contributed by atoms with Gasteiger partial charge in [-0.2, -0.15) is 0 Å². The quantitative estimate of drug-likeness (QED) is 0.217. The third-order valence-electron chi connectivity index (χ3n) is 4.82. The van der Waals surface area contributed by atoms with Crippen LogP contribution in [0.25, 0.3) is 0 Å². The van der Waals surface area contributed by atoms with Crippen LogP contribution in [0.5, 0.6) is 0 Å². The third-order valence-corrected chi connectivity index (χ3v) is 4.82. The Morgan fingerprint density at radius 3 is 2.08 bits per heavy atom. The Labute approximate surface area is 161 Å². The van der Waals surface area contributed by atoms with Crippen LogP contribution in [0.1, 0.15) is 103 Å². The molecule has 1 aromatic heterocycles. The Balaban J connectivity index is 1.83. The molecule has 1 aromatic rings. The van der Waals surface area contributed by atoms with Crippen LogP contribution in [-0.4, -0.2) is 10.8 Å². The highest BCUT2D eigenvalue weighted by Crippen LogP contribution is 2.10. The normalized spacial score (nSPS) is 11.3. The molecule has 0 N–H and O–H groups in total. The highest BCUT2D eigenvalue weighted by Gasteiger charge is 2.04. The van der Waals surface area contributed by atoms with Crippen molar-refractivity contribution in [1.29, 1.82) is 0 Å². The van der Waals surface area contributed by atoms with Crippen molar-refractivity contribution in [1.82, 2.24) is 4.98 Å². The largest absolute Gasteiger partial charge is 0.299 e. The number of allylic oxidation sites excluding steroid dienone is 2.